The molecule has 0 aromatic carbocycles. The second-order valence-corrected chi connectivity index (χ2v) is 3.99. The molecule has 0 spiro atoms. The van der Waals surface area contributed by atoms with Gasteiger partial charge in [-0.05, 0) is 9.91 Å². The van der Waals surface area contributed by atoms with Gasteiger partial charge in [0.1, 0.15) is 11.3 Å². The van der Waals surface area contributed by atoms with Crippen molar-refractivity contribution in [1.29, 1.82) is 5.26 Å². The molecule has 0 amide bonds. The largest absolute Gasteiger partial charge is 0.573 e. The Kier molecular flexibility index (Phi) is 4.28. The van der Waals surface area contributed by atoms with Crippen molar-refractivity contribution in [2.24, 2.45) is 0 Å². The molecule has 0 saturated carbocycles. The molecule has 1 aromatic heterocycles. The number of alkyl halides is 3. The van der Waals surface area contributed by atoms with E-state index >= 15 is 0 Å². The summed E-state index contributed by atoms with van der Waals surface area (Å²) in [4.78, 5) is 13.2. The number of pyridine rings is 1. The lowest BCUT2D eigenvalue weighted by Crippen LogP contribution is -2.19. The maximum atomic E-state index is 12.1. The highest BCUT2D eigenvalue weighted by Crippen LogP contribution is 2.32. The monoisotopic (exact) mass is 373 g/mol. The number of nitriles is 1. The van der Waals surface area contributed by atoms with Crippen LogP contribution in [0.15, 0.2) is 6.07 Å². The molecule has 0 N–H and O–H groups in total. The van der Waals surface area contributed by atoms with Gasteiger partial charge in [-0.25, -0.2) is 0 Å². The number of hydrogen-bond donors (Lipinski definition) is 0. The third kappa shape index (κ3) is 3.69. The van der Waals surface area contributed by atoms with Gasteiger partial charge in [0.15, 0.2) is 0 Å². The molecule has 0 radical (unpaired) electrons. The zero-order chi connectivity index (χ0) is 13.9. The van der Waals surface area contributed by atoms with E-state index in [9.17, 15) is 23.3 Å². The fourth-order valence-corrected chi connectivity index (χ4v) is 1.63. The van der Waals surface area contributed by atoms with Crippen molar-refractivity contribution in [3.63, 3.8) is 0 Å². The van der Waals surface area contributed by atoms with Crippen LogP contribution in [0, 0.1) is 25.1 Å². The van der Waals surface area contributed by atoms with Crippen molar-refractivity contribution in [3.05, 3.63) is 25.4 Å². The van der Waals surface area contributed by atoms with Crippen LogP contribution in [0.25, 0.3) is 0 Å². The van der Waals surface area contributed by atoms with E-state index in [1.807, 2.05) is 0 Å². The molecule has 0 aliphatic rings. The second-order valence-electron chi connectivity index (χ2n) is 2.89. The predicted molar refractivity (Wildman–Crippen MR) is 59.6 cm³/mol. The van der Waals surface area contributed by atoms with Gasteiger partial charge < -0.3 is 14.9 Å². The van der Waals surface area contributed by atoms with Gasteiger partial charge in [-0.2, -0.15) is 5.26 Å². The van der Waals surface area contributed by atoms with Crippen molar-refractivity contribution >= 4 is 28.4 Å². The van der Waals surface area contributed by atoms with Crippen molar-refractivity contribution < 1.29 is 22.8 Å². The van der Waals surface area contributed by atoms with Gasteiger partial charge >= 0.3 is 12.2 Å². The predicted octanol–water partition coefficient (Wildman–Crippen LogP) is 2.56. The summed E-state index contributed by atoms with van der Waals surface area (Å²) in [6.07, 6.45) is -5.60. The molecule has 18 heavy (non-hydrogen) atoms. The number of halogens is 4. The summed E-state index contributed by atoms with van der Waals surface area (Å²) in [6, 6.07) is 2.41. The summed E-state index contributed by atoms with van der Waals surface area (Å²) in [5.74, 6) is -1.60. The summed E-state index contributed by atoms with van der Waals surface area (Å²) >= 11 is 1.52. The molecule has 1 rings (SSSR count). The Morgan fingerprint density at radius 2 is 2.22 bits per heavy atom. The summed E-state index contributed by atoms with van der Waals surface area (Å²) < 4.78 is 40.0. The first-order valence-corrected chi connectivity index (χ1v) is 5.29. The second kappa shape index (κ2) is 5.34. The van der Waals surface area contributed by atoms with Gasteiger partial charge in [0.25, 0.3) is 0 Å². The standard InChI is InChI=1S/C8H3F3IN3O3/c9-8(10,11)18-5-3-6(12)14-7(15(16)17)4(5)1-2-13/h3H,1H2. The van der Waals surface area contributed by atoms with E-state index in [2.05, 4.69) is 9.72 Å². The molecule has 0 bridgehead atoms. The average molecular weight is 373 g/mol. The van der Waals surface area contributed by atoms with E-state index in [4.69, 9.17) is 5.26 Å². The lowest BCUT2D eigenvalue weighted by molar-refractivity contribution is -0.390. The lowest BCUT2D eigenvalue weighted by atomic mass is 10.2. The Bertz CT molecular complexity index is 527. The number of rotatable bonds is 3. The molecule has 0 saturated heterocycles. The van der Waals surface area contributed by atoms with Crippen LogP contribution in [0.2, 0.25) is 0 Å². The van der Waals surface area contributed by atoms with Crippen molar-refractivity contribution in [2.75, 3.05) is 0 Å². The highest BCUT2D eigenvalue weighted by Gasteiger charge is 2.34. The van der Waals surface area contributed by atoms with Crippen LogP contribution in [-0.2, 0) is 6.42 Å². The van der Waals surface area contributed by atoms with Crippen molar-refractivity contribution in [1.82, 2.24) is 4.98 Å². The fourth-order valence-electron chi connectivity index (χ4n) is 1.12. The normalized spacial score (nSPS) is 10.8. The molecule has 0 unspecified atom stereocenters. The number of aromatic nitrogens is 1. The van der Waals surface area contributed by atoms with Crippen LogP contribution in [0.5, 0.6) is 5.75 Å². The Labute approximate surface area is 112 Å². The highest BCUT2D eigenvalue weighted by atomic mass is 127. The Balaban J connectivity index is 3.39. The van der Waals surface area contributed by atoms with Gasteiger partial charge in [0.05, 0.1) is 12.5 Å². The fraction of sp³-hybridized carbons (Fsp3) is 0.250. The number of hydrogen-bond acceptors (Lipinski definition) is 5. The summed E-state index contributed by atoms with van der Waals surface area (Å²) in [5, 5.41) is 19.1. The average Bonchev–Trinajstić information content (AvgIpc) is 2.19. The molecule has 6 nitrogen and oxygen atoms in total. The van der Waals surface area contributed by atoms with Gasteiger partial charge in [-0.15, -0.1) is 13.2 Å². The zero-order valence-corrected chi connectivity index (χ0v) is 10.5. The Morgan fingerprint density at radius 3 is 2.67 bits per heavy atom. The molecule has 96 valence electrons. The zero-order valence-electron chi connectivity index (χ0n) is 8.36. The van der Waals surface area contributed by atoms with Gasteiger partial charge in [0.2, 0.25) is 3.70 Å². The van der Waals surface area contributed by atoms with E-state index in [-0.39, 0.29) is 3.70 Å². The minimum atomic E-state index is -5.00. The maximum Gasteiger partial charge on any atom is 0.573 e. The molecule has 0 atom stereocenters. The summed E-state index contributed by atoms with van der Waals surface area (Å²) in [6.45, 7) is 0. The summed E-state index contributed by atoms with van der Waals surface area (Å²) in [5.41, 5.74) is -0.500. The molecule has 0 aliphatic carbocycles. The topological polar surface area (TPSA) is 89.0 Å². The molecule has 1 heterocycles. The van der Waals surface area contributed by atoms with Crippen LogP contribution in [0.3, 0.4) is 0 Å². The van der Waals surface area contributed by atoms with Crippen LogP contribution >= 0.6 is 22.6 Å². The number of ether oxygens (including phenoxy) is 1. The quantitative estimate of drug-likeness (QED) is 0.352. The minimum Gasteiger partial charge on any atom is -0.405 e. The Hall–Kier alpha value is -1.64. The first-order chi connectivity index (χ1) is 8.24. The van der Waals surface area contributed by atoms with Crippen molar-refractivity contribution in [3.8, 4) is 11.8 Å². The lowest BCUT2D eigenvalue weighted by Gasteiger charge is -2.11. The molecular formula is C8H3F3IN3O3. The van der Waals surface area contributed by atoms with Crippen LogP contribution < -0.4 is 4.74 Å². The van der Waals surface area contributed by atoms with E-state index in [1.54, 1.807) is 0 Å². The maximum absolute atomic E-state index is 12.1. The third-order valence-electron chi connectivity index (χ3n) is 1.68. The third-order valence-corrected chi connectivity index (χ3v) is 2.24. The molecule has 1 aromatic rings. The molecule has 0 fully saturated rings. The van der Waals surface area contributed by atoms with Crippen molar-refractivity contribution in [2.45, 2.75) is 12.8 Å². The van der Waals surface area contributed by atoms with E-state index in [0.29, 0.717) is 0 Å². The van der Waals surface area contributed by atoms with Crippen LogP contribution in [0.4, 0.5) is 19.0 Å². The highest BCUT2D eigenvalue weighted by molar-refractivity contribution is 14.1. The van der Waals surface area contributed by atoms with Crippen LogP contribution in [-0.4, -0.2) is 16.3 Å². The Morgan fingerprint density at radius 1 is 1.61 bits per heavy atom. The minimum absolute atomic E-state index is 0.0414. The summed E-state index contributed by atoms with van der Waals surface area (Å²) in [7, 11) is 0. The number of nitro groups is 1. The van der Waals surface area contributed by atoms with E-state index in [1.165, 1.54) is 28.7 Å². The van der Waals surface area contributed by atoms with Gasteiger partial charge in [-0.1, -0.05) is 0 Å². The van der Waals surface area contributed by atoms with Gasteiger partial charge in [0, 0.05) is 28.7 Å². The first kappa shape index (κ1) is 14.4. The van der Waals surface area contributed by atoms with E-state index < -0.39 is 34.8 Å². The number of nitrogens with zero attached hydrogens (tertiary/aromatic N) is 3. The SMILES string of the molecule is N#CCc1c(OC(F)(F)F)cc(I)nc1[N+](=O)[O-]. The molecule has 0 aliphatic heterocycles. The molecular weight excluding hydrogens is 370 g/mol. The first-order valence-electron chi connectivity index (χ1n) is 4.21. The van der Waals surface area contributed by atoms with E-state index in [0.717, 1.165) is 6.07 Å². The molecule has 10 heteroatoms. The van der Waals surface area contributed by atoms with Crippen LogP contribution in [0.1, 0.15) is 5.56 Å². The van der Waals surface area contributed by atoms with Gasteiger partial charge in [-0.3, -0.25) is 0 Å². The smallest absolute Gasteiger partial charge is 0.405 e.